The molecule has 0 aromatic heterocycles. The molecule has 0 atom stereocenters. The molecule has 0 saturated carbocycles. The van der Waals surface area contributed by atoms with E-state index in [-0.39, 0.29) is 5.75 Å². The highest BCUT2D eigenvalue weighted by Gasteiger charge is 2.09. The molecular formula is C14H11F2N3O2. The smallest absolute Gasteiger partial charge is 0.332 e. The number of hydrazone groups is 1. The van der Waals surface area contributed by atoms with Crippen LogP contribution in [0.4, 0.5) is 13.6 Å². The van der Waals surface area contributed by atoms with Crippen molar-refractivity contribution in [2.24, 2.45) is 10.8 Å². The highest BCUT2D eigenvalue weighted by molar-refractivity contribution is 5.81. The lowest BCUT2D eigenvalue weighted by atomic mass is 10.2. The van der Waals surface area contributed by atoms with E-state index >= 15 is 0 Å². The molecule has 0 unspecified atom stereocenters. The Morgan fingerprint density at radius 3 is 2.57 bits per heavy atom. The molecule has 2 amide bonds. The molecule has 5 nitrogen and oxygen atoms in total. The van der Waals surface area contributed by atoms with Gasteiger partial charge in [-0.2, -0.15) is 9.49 Å². The summed E-state index contributed by atoms with van der Waals surface area (Å²) in [4.78, 5) is 10.4. The normalized spacial score (nSPS) is 10.6. The second-order valence-corrected chi connectivity index (χ2v) is 3.96. The number of nitrogens with two attached hydrogens (primary N) is 1. The lowest BCUT2D eigenvalue weighted by Gasteiger charge is -2.07. The van der Waals surface area contributed by atoms with Crippen molar-refractivity contribution in [1.29, 1.82) is 0 Å². The van der Waals surface area contributed by atoms with E-state index in [0.29, 0.717) is 11.3 Å². The fourth-order valence-electron chi connectivity index (χ4n) is 1.48. The molecule has 0 aliphatic carbocycles. The van der Waals surface area contributed by atoms with Crippen molar-refractivity contribution in [3.8, 4) is 11.5 Å². The van der Waals surface area contributed by atoms with Crippen LogP contribution < -0.4 is 15.9 Å². The maximum atomic E-state index is 13.4. The van der Waals surface area contributed by atoms with Gasteiger partial charge in [0.1, 0.15) is 5.75 Å². The molecule has 3 N–H and O–H groups in total. The van der Waals surface area contributed by atoms with Crippen LogP contribution >= 0.6 is 0 Å². The first-order chi connectivity index (χ1) is 10.1. The number of nitrogens with one attached hydrogen (secondary N) is 1. The lowest BCUT2D eigenvalue weighted by Crippen LogP contribution is -2.24. The third kappa shape index (κ3) is 4.00. The summed E-state index contributed by atoms with van der Waals surface area (Å²) in [6.45, 7) is 0. The van der Waals surface area contributed by atoms with Crippen molar-refractivity contribution in [1.82, 2.24) is 5.43 Å². The van der Waals surface area contributed by atoms with Crippen molar-refractivity contribution in [2.45, 2.75) is 0 Å². The molecule has 21 heavy (non-hydrogen) atoms. The molecular weight excluding hydrogens is 280 g/mol. The quantitative estimate of drug-likeness (QED) is 0.671. The third-order valence-corrected chi connectivity index (χ3v) is 2.41. The number of urea groups is 1. The number of halogens is 2. The van der Waals surface area contributed by atoms with Crippen LogP contribution in [0.1, 0.15) is 5.56 Å². The summed E-state index contributed by atoms with van der Waals surface area (Å²) in [5, 5.41) is 3.58. The number of nitrogens with zero attached hydrogens (tertiary/aromatic N) is 1. The maximum Gasteiger partial charge on any atom is 0.332 e. The Hall–Kier alpha value is -2.96. The Labute approximate surface area is 119 Å². The van der Waals surface area contributed by atoms with Crippen molar-refractivity contribution >= 4 is 12.2 Å². The van der Waals surface area contributed by atoms with Crippen molar-refractivity contribution in [3.05, 3.63) is 59.7 Å². The zero-order valence-corrected chi connectivity index (χ0v) is 10.7. The van der Waals surface area contributed by atoms with Crippen molar-refractivity contribution in [2.75, 3.05) is 0 Å². The molecule has 2 aromatic rings. The van der Waals surface area contributed by atoms with Crippen LogP contribution in [0.5, 0.6) is 11.5 Å². The minimum Gasteiger partial charge on any atom is -0.454 e. The standard InChI is InChI=1S/C14H11F2N3O2/c15-11-2-1-3-12(13(11)16)21-10-6-4-9(5-7-10)8-18-19-14(17)20/h1-8H,(H3,17,19,20)/b18-8+. The monoisotopic (exact) mass is 291 g/mol. The van der Waals surface area contributed by atoms with Crippen LogP contribution in [0, 0.1) is 11.6 Å². The number of hydrogen-bond acceptors (Lipinski definition) is 3. The number of hydrogen-bond donors (Lipinski definition) is 2. The molecule has 0 spiro atoms. The summed E-state index contributed by atoms with van der Waals surface area (Å²) in [6.07, 6.45) is 1.37. The molecule has 0 aliphatic rings. The van der Waals surface area contributed by atoms with Crippen molar-refractivity contribution < 1.29 is 18.3 Å². The average Bonchev–Trinajstić information content (AvgIpc) is 2.45. The van der Waals surface area contributed by atoms with Gasteiger partial charge in [-0.1, -0.05) is 6.07 Å². The molecule has 108 valence electrons. The van der Waals surface area contributed by atoms with Crippen LogP contribution in [0.2, 0.25) is 0 Å². The molecule has 2 rings (SSSR count). The second kappa shape index (κ2) is 6.47. The van der Waals surface area contributed by atoms with Gasteiger partial charge in [0.15, 0.2) is 11.6 Å². The first-order valence-corrected chi connectivity index (χ1v) is 5.86. The van der Waals surface area contributed by atoms with E-state index in [1.54, 1.807) is 24.3 Å². The first kappa shape index (κ1) is 14.4. The fraction of sp³-hybridized carbons (Fsp3) is 0. The van der Waals surface area contributed by atoms with E-state index in [9.17, 15) is 13.6 Å². The van der Waals surface area contributed by atoms with Gasteiger partial charge >= 0.3 is 6.03 Å². The highest BCUT2D eigenvalue weighted by atomic mass is 19.2. The molecule has 2 aromatic carbocycles. The molecule has 0 radical (unpaired) electrons. The number of ether oxygens (including phenoxy) is 1. The number of carbonyl (C=O) groups excluding carboxylic acids is 1. The zero-order valence-electron chi connectivity index (χ0n) is 10.7. The second-order valence-electron chi connectivity index (χ2n) is 3.96. The Balaban J connectivity index is 2.07. The van der Waals surface area contributed by atoms with Crippen LogP contribution in [0.25, 0.3) is 0 Å². The Bertz CT molecular complexity index is 672. The van der Waals surface area contributed by atoms with Gasteiger partial charge < -0.3 is 10.5 Å². The maximum absolute atomic E-state index is 13.4. The number of primary amides is 1. The van der Waals surface area contributed by atoms with Crippen molar-refractivity contribution in [3.63, 3.8) is 0 Å². The van der Waals surface area contributed by atoms with Crippen LogP contribution in [0.15, 0.2) is 47.6 Å². The Kier molecular flexibility index (Phi) is 4.45. The minimum atomic E-state index is -1.05. The number of rotatable bonds is 4. The lowest BCUT2D eigenvalue weighted by molar-refractivity contribution is 0.249. The summed E-state index contributed by atoms with van der Waals surface area (Å²) >= 11 is 0. The summed E-state index contributed by atoms with van der Waals surface area (Å²) in [5.74, 6) is -1.89. The highest BCUT2D eigenvalue weighted by Crippen LogP contribution is 2.25. The first-order valence-electron chi connectivity index (χ1n) is 5.86. The van der Waals surface area contributed by atoms with Gasteiger partial charge in [0.05, 0.1) is 6.21 Å². The summed E-state index contributed by atoms with van der Waals surface area (Å²) < 4.78 is 31.7. The van der Waals surface area contributed by atoms with Crippen LogP contribution in [0.3, 0.4) is 0 Å². The van der Waals surface area contributed by atoms with E-state index in [1.807, 2.05) is 5.43 Å². The van der Waals surface area contributed by atoms with E-state index < -0.39 is 17.7 Å². The van der Waals surface area contributed by atoms with E-state index in [2.05, 4.69) is 5.10 Å². The number of carbonyl (C=O) groups is 1. The average molecular weight is 291 g/mol. The Morgan fingerprint density at radius 2 is 1.90 bits per heavy atom. The minimum absolute atomic E-state index is 0.202. The van der Waals surface area contributed by atoms with E-state index in [0.717, 1.165) is 6.07 Å². The van der Waals surface area contributed by atoms with Gasteiger partial charge in [-0.3, -0.25) is 0 Å². The van der Waals surface area contributed by atoms with Gasteiger partial charge in [-0.25, -0.2) is 14.6 Å². The largest absolute Gasteiger partial charge is 0.454 e. The van der Waals surface area contributed by atoms with Gasteiger partial charge in [-0.15, -0.1) is 0 Å². The van der Waals surface area contributed by atoms with Gasteiger partial charge in [0.2, 0.25) is 5.82 Å². The van der Waals surface area contributed by atoms with Crippen LogP contribution in [-0.4, -0.2) is 12.2 Å². The van der Waals surface area contributed by atoms with Gasteiger partial charge in [0.25, 0.3) is 0 Å². The zero-order chi connectivity index (χ0) is 15.2. The molecule has 7 heteroatoms. The number of amides is 2. The third-order valence-electron chi connectivity index (χ3n) is 2.41. The predicted molar refractivity (Wildman–Crippen MR) is 73.2 cm³/mol. The molecule has 0 saturated heterocycles. The van der Waals surface area contributed by atoms with Gasteiger partial charge in [-0.05, 0) is 42.0 Å². The summed E-state index contributed by atoms with van der Waals surface area (Å²) in [7, 11) is 0. The van der Waals surface area contributed by atoms with E-state index in [1.165, 1.54) is 18.3 Å². The number of benzene rings is 2. The Morgan fingerprint density at radius 1 is 1.19 bits per heavy atom. The molecule has 0 fully saturated rings. The summed E-state index contributed by atoms with van der Waals surface area (Å²) in [6, 6.07) is 9.26. The molecule has 0 heterocycles. The fourth-order valence-corrected chi connectivity index (χ4v) is 1.48. The van der Waals surface area contributed by atoms with Crippen LogP contribution in [-0.2, 0) is 0 Å². The van der Waals surface area contributed by atoms with E-state index in [4.69, 9.17) is 10.5 Å². The van der Waals surface area contributed by atoms with Gasteiger partial charge in [0, 0.05) is 0 Å². The SMILES string of the molecule is NC(=O)N/N=C/c1ccc(Oc2cccc(F)c2F)cc1. The predicted octanol–water partition coefficient (Wildman–Crippen LogP) is 2.76. The topological polar surface area (TPSA) is 76.7 Å². The molecule has 0 bridgehead atoms. The molecule has 0 aliphatic heterocycles. The summed E-state index contributed by atoms with van der Waals surface area (Å²) in [5.41, 5.74) is 7.55.